The summed E-state index contributed by atoms with van der Waals surface area (Å²) in [6.45, 7) is 0. The molecular weight excluding hydrogens is 882 g/mol. The fourth-order valence-corrected chi connectivity index (χ4v) is 2.20. The molecule has 0 fully saturated rings. The van der Waals surface area contributed by atoms with Crippen molar-refractivity contribution < 1.29 is 169 Å². The van der Waals surface area contributed by atoms with Gasteiger partial charge in [0.05, 0.1) is 0 Å². The molecule has 0 rings (SSSR count). The third kappa shape index (κ3) is 7.07. The first-order valence-electron chi connectivity index (χ1n) is 10.0. The van der Waals surface area contributed by atoms with E-state index in [2.05, 4.69) is 0 Å². The van der Waals surface area contributed by atoms with E-state index < -0.39 is 95.4 Å². The smallest absolute Gasteiger partial charge is 0.460 e. The van der Waals surface area contributed by atoms with Gasteiger partial charge in [-0.3, -0.25) is 0 Å². The van der Waals surface area contributed by atoms with Crippen molar-refractivity contribution in [2.24, 2.45) is 0 Å². The van der Waals surface area contributed by atoms with E-state index in [0.717, 1.165) is 0 Å². The summed E-state index contributed by atoms with van der Waals surface area (Å²) in [6, 6.07) is 0. The van der Waals surface area contributed by atoms with Crippen LogP contribution >= 0.6 is 0 Å². The van der Waals surface area contributed by atoms with Crippen LogP contribution in [0.3, 0.4) is 0 Å². The van der Waals surface area contributed by atoms with Crippen molar-refractivity contribution in [2.75, 3.05) is 0 Å². The van der Waals surface area contributed by atoms with Crippen LogP contribution in [0.2, 0.25) is 0 Å². The van der Waals surface area contributed by atoms with Gasteiger partial charge in [-0.2, -0.15) is 132 Å². The van der Waals surface area contributed by atoms with Crippen molar-refractivity contribution in [1.29, 1.82) is 0 Å². The molecule has 0 saturated carbocycles. The van der Waals surface area contributed by atoms with Crippen LogP contribution in [0.5, 0.6) is 0 Å². The summed E-state index contributed by atoms with van der Waals surface area (Å²) in [5.41, 5.74) is 0. The first-order chi connectivity index (χ1) is 20.9. The molecule has 4 nitrogen and oxygen atoms in total. The molecule has 0 heterocycles. The number of alkyl halides is 30. The van der Waals surface area contributed by atoms with Gasteiger partial charge in [0.2, 0.25) is 0 Å². The van der Waals surface area contributed by atoms with Gasteiger partial charge < -0.3 is 10.2 Å². The molecule has 0 atom stereocenters. The quantitative estimate of drug-likeness (QED) is 0.152. The van der Waals surface area contributed by atoms with Gasteiger partial charge in [0.15, 0.2) is 0 Å². The molecule has 308 valence electrons. The molecule has 0 saturated heterocycles. The van der Waals surface area contributed by atoms with Gasteiger partial charge in [-0.25, -0.2) is 9.59 Å². The Kier molecular flexibility index (Phi) is 13.8. The molecule has 0 radical (unpaired) electrons. The van der Waals surface area contributed by atoms with Crippen molar-refractivity contribution in [3.63, 3.8) is 0 Å². The first-order valence-corrected chi connectivity index (χ1v) is 10.0. The molecule has 0 aliphatic rings. The van der Waals surface area contributed by atoms with Crippen molar-refractivity contribution in [3.05, 3.63) is 0 Å². The molecule has 0 aromatic rings. The van der Waals surface area contributed by atoms with Crippen LogP contribution in [-0.2, 0) is 26.7 Å². The average Bonchev–Trinajstić information content (AvgIpc) is 2.86. The van der Waals surface area contributed by atoms with Crippen molar-refractivity contribution in [1.82, 2.24) is 0 Å². The van der Waals surface area contributed by atoms with Gasteiger partial charge in [0.1, 0.15) is 0 Å². The average molecular weight is 884 g/mol. The van der Waals surface area contributed by atoms with E-state index >= 15 is 0 Å². The van der Waals surface area contributed by atoms with Crippen LogP contribution in [0.1, 0.15) is 0 Å². The molecule has 0 spiro atoms. The summed E-state index contributed by atoms with van der Waals surface area (Å²) in [6.07, 6.45) is -15.4. The Balaban J connectivity index is -0.000000886. The van der Waals surface area contributed by atoms with E-state index in [0.29, 0.717) is 0 Å². The Labute approximate surface area is 265 Å². The maximum Gasteiger partial charge on any atom is 0.460 e. The molecule has 51 heavy (non-hydrogen) atoms. The minimum absolute atomic E-state index is 0. The van der Waals surface area contributed by atoms with E-state index in [1.54, 1.807) is 0 Å². The molecule has 0 aliphatic heterocycles. The van der Waals surface area contributed by atoms with Gasteiger partial charge in [0, 0.05) is 17.1 Å². The van der Waals surface area contributed by atoms with Crippen LogP contribution in [0, 0.1) is 0 Å². The van der Waals surface area contributed by atoms with Crippen LogP contribution in [0.15, 0.2) is 0 Å². The van der Waals surface area contributed by atoms with Crippen molar-refractivity contribution in [2.45, 2.75) is 83.4 Å². The normalized spacial score (nSPS) is 15.8. The largest absolute Gasteiger partial charge is 0.477 e. The number of carboxylic acid groups (broad SMARTS) is 2. The molecule has 2 N–H and O–H groups in total. The predicted octanol–water partition coefficient (Wildman–Crippen LogP) is 8.89. The summed E-state index contributed by atoms with van der Waals surface area (Å²) < 4.78 is 373. The third-order valence-electron chi connectivity index (χ3n) is 5.19. The number of rotatable bonds is 12. The Bertz CT molecular complexity index is 1160. The molecule has 0 bridgehead atoms. The maximum atomic E-state index is 12.8. The fourth-order valence-electron chi connectivity index (χ4n) is 2.20. The first kappa shape index (κ1) is 52.7. The summed E-state index contributed by atoms with van der Waals surface area (Å²) in [5.74, 6) is -106. The Morgan fingerprint density at radius 3 is 0.490 bits per heavy atom. The van der Waals surface area contributed by atoms with E-state index in [-0.39, 0.29) is 17.1 Å². The van der Waals surface area contributed by atoms with Crippen LogP contribution in [-0.4, -0.2) is 106 Å². The van der Waals surface area contributed by atoms with Crippen molar-refractivity contribution in [3.8, 4) is 0 Å². The van der Waals surface area contributed by atoms with E-state index in [9.17, 15) is 141 Å². The molecule has 0 amide bonds. The van der Waals surface area contributed by atoms with Gasteiger partial charge in [0.25, 0.3) is 0 Å². The monoisotopic (exact) mass is 884 g/mol. The van der Waals surface area contributed by atoms with Crippen LogP contribution in [0.25, 0.3) is 0 Å². The van der Waals surface area contributed by atoms with Gasteiger partial charge in [-0.1, -0.05) is 0 Å². The second-order valence-electron chi connectivity index (χ2n) is 8.50. The predicted molar refractivity (Wildman–Crippen MR) is 86.7 cm³/mol. The van der Waals surface area contributed by atoms with E-state index in [1.165, 1.54) is 0 Å². The van der Waals surface area contributed by atoms with Crippen molar-refractivity contribution >= 4 is 11.9 Å². The molecule has 0 unspecified atom stereocenters. The topological polar surface area (TPSA) is 74.6 Å². The van der Waals surface area contributed by atoms with E-state index in [1.807, 2.05) is 0 Å². The number of aliphatic carboxylic acids is 2. The number of halogens is 30. The summed E-state index contributed by atoms with van der Waals surface area (Å²) in [5, 5.41) is 15.1. The van der Waals surface area contributed by atoms with Gasteiger partial charge >= 0.3 is 95.4 Å². The number of hydrogen-bond donors (Lipinski definition) is 2. The Morgan fingerprint density at radius 1 is 0.255 bits per heavy atom. The van der Waals surface area contributed by atoms with E-state index in [4.69, 9.17) is 10.2 Å². The van der Waals surface area contributed by atoms with Crippen LogP contribution < -0.4 is 0 Å². The Hall–Kier alpha value is -2.64. The second kappa shape index (κ2) is 13.3. The SMILES string of the molecule is O=C(O)C(F)(F)C(F)(F)C(F)(F)C(F)(F)C(F)(F)C(F)(F)C(F)(F)F.O=C(O)C(F)(F)C(F)(F)C(F)(F)C(F)(F)C(F)(F)C(F)(F)C(F)(F)F.[Fe]. The number of carboxylic acids is 2. The standard InChI is InChI=1S/2C8HF15O2.Fe/c2*9-2(10,1(24)25)3(11,12)4(13,14)5(15,16)6(17,18)7(19,20)8(21,22)23;/h2*(H,24,25);. The molecule has 0 aromatic carbocycles. The molecule has 0 aromatic heterocycles. The maximum absolute atomic E-state index is 12.8. The zero-order valence-electron chi connectivity index (χ0n) is 21.4. The summed E-state index contributed by atoms with van der Waals surface area (Å²) in [4.78, 5) is 19.4. The zero-order valence-corrected chi connectivity index (χ0v) is 22.5. The zero-order chi connectivity index (χ0) is 42.2. The van der Waals surface area contributed by atoms with Crippen LogP contribution in [0.4, 0.5) is 132 Å². The number of hydrogen-bond acceptors (Lipinski definition) is 2. The minimum Gasteiger partial charge on any atom is -0.477 e. The fraction of sp³-hybridized carbons (Fsp3) is 0.875. The minimum atomic E-state index is -8.47. The number of carbonyl (C=O) groups is 2. The van der Waals surface area contributed by atoms with Gasteiger partial charge in [-0.15, -0.1) is 0 Å². The van der Waals surface area contributed by atoms with Gasteiger partial charge in [-0.05, 0) is 0 Å². The molecular formula is C16H2F30FeO4. The second-order valence-corrected chi connectivity index (χ2v) is 8.50. The molecule has 0 aliphatic carbocycles. The Morgan fingerprint density at radius 2 is 0.373 bits per heavy atom. The summed E-state index contributed by atoms with van der Waals surface area (Å²) >= 11 is 0. The summed E-state index contributed by atoms with van der Waals surface area (Å²) in [7, 11) is 0. The molecule has 35 heteroatoms. The third-order valence-corrected chi connectivity index (χ3v) is 5.19.